The Morgan fingerprint density at radius 1 is 0.698 bits per heavy atom. The number of nitrogens with zero attached hydrogens (tertiary/aromatic N) is 1. The van der Waals surface area contributed by atoms with Gasteiger partial charge >= 0.3 is 0 Å². The van der Waals surface area contributed by atoms with Gasteiger partial charge in [0.1, 0.15) is 12.4 Å². The van der Waals surface area contributed by atoms with Crippen LogP contribution < -0.4 is 9.64 Å². The first kappa shape index (κ1) is 29.6. The largest absolute Gasteiger partial charge is 0.489 e. The smallest absolute Gasteiger partial charge is 0.125 e. The van der Waals surface area contributed by atoms with Gasteiger partial charge in [-0.05, 0) is 34.4 Å². The second-order valence-corrected chi connectivity index (χ2v) is 18.4. The van der Waals surface area contributed by atoms with E-state index in [0.29, 0.717) is 39.1 Å². The van der Waals surface area contributed by atoms with Gasteiger partial charge in [0.25, 0.3) is 0 Å². The molecule has 4 aromatic carbocycles. The van der Waals surface area contributed by atoms with Gasteiger partial charge in [0.15, 0.2) is 0 Å². The fraction of sp³-hybridized carbons (Fsp3) is 0.351. The topological polar surface area (TPSA) is 50.9 Å². The standard InChI is InChI=1S/C37H43NO4Si/c1-43(2,3)37-33-21-38(33)32-19-30(24-40-22-27-13-7-4-8-14-27)20-34(42-25-29-17-11-6-12-18-29)35(32)31(36(37)39)26-41-23-28-15-9-5-10-16-28/h4-20,31,33,36-37,39H,21-26H2,1-3H3/t31-,33-,36+,37-,38?/m0/s1. The summed E-state index contributed by atoms with van der Waals surface area (Å²) in [5, 5.41) is 12.2. The van der Waals surface area contributed by atoms with Gasteiger partial charge in [-0.25, -0.2) is 0 Å². The maximum Gasteiger partial charge on any atom is 0.125 e. The fourth-order valence-corrected chi connectivity index (χ4v) is 9.31. The fourth-order valence-electron chi connectivity index (χ4n) is 6.61. The van der Waals surface area contributed by atoms with Crippen molar-refractivity contribution in [1.82, 2.24) is 0 Å². The number of hydrogen-bond acceptors (Lipinski definition) is 5. The van der Waals surface area contributed by atoms with E-state index in [9.17, 15) is 5.11 Å². The van der Waals surface area contributed by atoms with E-state index in [-0.39, 0.29) is 11.5 Å². The van der Waals surface area contributed by atoms with Gasteiger partial charge in [-0.3, -0.25) is 0 Å². The number of anilines is 1. The summed E-state index contributed by atoms with van der Waals surface area (Å²) in [4.78, 5) is 2.48. The van der Waals surface area contributed by atoms with E-state index in [4.69, 9.17) is 14.2 Å². The zero-order valence-corrected chi connectivity index (χ0v) is 26.5. The van der Waals surface area contributed by atoms with E-state index >= 15 is 0 Å². The molecule has 2 aliphatic rings. The first-order valence-corrected chi connectivity index (χ1v) is 19.0. The molecule has 5 nitrogen and oxygen atoms in total. The normalized spacial score (nSPS) is 21.1. The number of aliphatic hydroxyl groups excluding tert-OH is 1. The Kier molecular flexibility index (Phi) is 9.00. The molecule has 4 aromatic rings. The van der Waals surface area contributed by atoms with Crippen LogP contribution in [0, 0.1) is 0 Å². The summed E-state index contributed by atoms with van der Waals surface area (Å²) in [7, 11) is -1.73. The molecule has 6 heteroatoms. The van der Waals surface area contributed by atoms with Crippen molar-refractivity contribution in [2.24, 2.45) is 0 Å². The summed E-state index contributed by atoms with van der Waals surface area (Å²) < 4.78 is 19.2. The van der Waals surface area contributed by atoms with Crippen molar-refractivity contribution < 1.29 is 19.3 Å². The SMILES string of the molecule is C[Si](C)(C)[C@@H]1[C@H](O)[C@@H](COCc2ccccc2)c2c(OCc3ccccc3)cc(COCc3ccccc3)cc2N2C[C@@H]12. The minimum atomic E-state index is -1.73. The number of fused-ring (bicyclic) bond motifs is 3. The third kappa shape index (κ3) is 7.05. The summed E-state index contributed by atoms with van der Waals surface area (Å²) in [6.07, 6.45) is -0.516. The van der Waals surface area contributed by atoms with E-state index in [1.54, 1.807) is 0 Å². The van der Waals surface area contributed by atoms with Crippen LogP contribution in [0.1, 0.15) is 33.7 Å². The molecule has 43 heavy (non-hydrogen) atoms. The molecular formula is C37H43NO4Si. The Balaban J connectivity index is 1.34. The second kappa shape index (κ2) is 13.1. The third-order valence-electron chi connectivity index (χ3n) is 8.73. The van der Waals surface area contributed by atoms with Crippen LogP contribution in [0.5, 0.6) is 5.75 Å². The summed E-state index contributed by atoms with van der Waals surface area (Å²) in [5.41, 5.74) is 6.91. The first-order valence-electron chi connectivity index (χ1n) is 15.4. The lowest BCUT2D eigenvalue weighted by molar-refractivity contribution is 0.0485. The Morgan fingerprint density at radius 3 is 1.81 bits per heavy atom. The molecule has 224 valence electrons. The Hall–Kier alpha value is -3.42. The predicted octanol–water partition coefficient (Wildman–Crippen LogP) is 7.55. The van der Waals surface area contributed by atoms with Crippen molar-refractivity contribution in [3.05, 3.63) is 131 Å². The van der Waals surface area contributed by atoms with Crippen LogP contribution in [0.3, 0.4) is 0 Å². The number of ether oxygens (including phenoxy) is 3. The van der Waals surface area contributed by atoms with Crippen LogP contribution in [0.2, 0.25) is 25.2 Å². The van der Waals surface area contributed by atoms with Crippen molar-refractivity contribution >= 4 is 13.8 Å². The molecule has 0 unspecified atom stereocenters. The van der Waals surface area contributed by atoms with Crippen LogP contribution in [0.4, 0.5) is 5.69 Å². The molecule has 0 spiro atoms. The third-order valence-corrected chi connectivity index (χ3v) is 11.5. The lowest BCUT2D eigenvalue weighted by atomic mass is 9.89. The minimum absolute atomic E-state index is 0.201. The van der Waals surface area contributed by atoms with Crippen LogP contribution in [0.15, 0.2) is 103 Å². The highest BCUT2D eigenvalue weighted by Crippen LogP contribution is 2.54. The molecular weight excluding hydrogens is 550 g/mol. The van der Waals surface area contributed by atoms with E-state index in [2.05, 4.69) is 73.1 Å². The van der Waals surface area contributed by atoms with Gasteiger partial charge in [-0.1, -0.05) is 111 Å². The summed E-state index contributed by atoms with van der Waals surface area (Å²) in [6.45, 7) is 10.5. The molecule has 0 aliphatic carbocycles. The monoisotopic (exact) mass is 593 g/mol. The molecule has 0 amide bonds. The molecule has 1 saturated heterocycles. The average Bonchev–Trinajstić information content (AvgIpc) is 3.80. The quantitative estimate of drug-likeness (QED) is 0.136. The average molecular weight is 594 g/mol. The zero-order valence-electron chi connectivity index (χ0n) is 25.5. The molecule has 0 saturated carbocycles. The van der Waals surface area contributed by atoms with Gasteiger partial charge < -0.3 is 24.2 Å². The summed E-state index contributed by atoms with van der Waals surface area (Å²) in [5.74, 6) is 0.613. The number of rotatable bonds is 12. The minimum Gasteiger partial charge on any atom is -0.489 e. The second-order valence-electron chi connectivity index (χ2n) is 13.0. The number of hydrogen-bond donors (Lipinski definition) is 1. The number of benzene rings is 4. The van der Waals surface area contributed by atoms with Crippen molar-refractivity contribution in [3.63, 3.8) is 0 Å². The van der Waals surface area contributed by atoms with E-state index in [1.807, 2.05) is 54.6 Å². The molecule has 1 N–H and O–H groups in total. The molecule has 0 bridgehead atoms. The van der Waals surface area contributed by atoms with Gasteiger partial charge in [0.2, 0.25) is 0 Å². The lowest BCUT2D eigenvalue weighted by Crippen LogP contribution is -2.43. The van der Waals surface area contributed by atoms with Crippen LogP contribution in [-0.4, -0.2) is 38.5 Å². The van der Waals surface area contributed by atoms with E-state index in [1.165, 1.54) is 0 Å². The molecule has 2 heterocycles. The predicted molar refractivity (Wildman–Crippen MR) is 175 cm³/mol. The lowest BCUT2D eigenvalue weighted by Gasteiger charge is -2.36. The Morgan fingerprint density at radius 2 is 1.23 bits per heavy atom. The molecule has 2 aliphatic heterocycles. The Bertz CT molecular complexity index is 1480. The summed E-state index contributed by atoms with van der Waals surface area (Å²) >= 11 is 0. The molecule has 0 radical (unpaired) electrons. The zero-order chi connectivity index (χ0) is 29.8. The Labute approximate surface area is 257 Å². The maximum absolute atomic E-state index is 12.2. The van der Waals surface area contributed by atoms with E-state index < -0.39 is 14.2 Å². The van der Waals surface area contributed by atoms with Gasteiger partial charge in [0.05, 0.1) is 40.6 Å². The van der Waals surface area contributed by atoms with Crippen molar-refractivity contribution in [2.75, 3.05) is 18.1 Å². The first-order chi connectivity index (χ1) is 20.9. The van der Waals surface area contributed by atoms with Crippen molar-refractivity contribution in [1.29, 1.82) is 0 Å². The molecule has 1 fully saturated rings. The maximum atomic E-state index is 12.2. The van der Waals surface area contributed by atoms with Gasteiger partial charge in [0, 0.05) is 35.3 Å². The highest BCUT2D eigenvalue weighted by atomic mass is 28.3. The van der Waals surface area contributed by atoms with Crippen LogP contribution in [0.25, 0.3) is 0 Å². The van der Waals surface area contributed by atoms with Crippen LogP contribution in [-0.2, 0) is 35.9 Å². The molecule has 6 rings (SSSR count). The van der Waals surface area contributed by atoms with Crippen LogP contribution >= 0.6 is 0 Å². The van der Waals surface area contributed by atoms with Crippen molar-refractivity contribution in [2.45, 2.75) is 69.7 Å². The number of aliphatic hydroxyl groups is 1. The van der Waals surface area contributed by atoms with E-state index in [0.717, 1.165) is 45.8 Å². The van der Waals surface area contributed by atoms with Gasteiger partial charge in [-0.15, -0.1) is 0 Å². The highest BCUT2D eigenvalue weighted by molar-refractivity contribution is 6.78. The molecule has 4 atom stereocenters. The highest BCUT2D eigenvalue weighted by Gasteiger charge is 2.55. The summed E-state index contributed by atoms with van der Waals surface area (Å²) in [6, 6.07) is 35.5. The van der Waals surface area contributed by atoms with Crippen molar-refractivity contribution in [3.8, 4) is 5.75 Å². The van der Waals surface area contributed by atoms with Gasteiger partial charge in [-0.2, -0.15) is 0 Å². The molecule has 0 aromatic heterocycles.